The van der Waals surface area contributed by atoms with Gasteiger partial charge in [-0.1, -0.05) is 0 Å². The fraction of sp³-hybridized carbons (Fsp3) is 0.941. The van der Waals surface area contributed by atoms with Crippen molar-refractivity contribution in [3.63, 3.8) is 0 Å². The molecule has 5 heteroatoms. The number of methoxy groups -OCH3 is 1. The molecule has 5 nitrogen and oxygen atoms in total. The zero-order valence-corrected chi connectivity index (χ0v) is 14.6. The average Bonchev–Trinajstić information content (AvgIpc) is 2.47. The molecule has 2 saturated heterocycles. The van der Waals surface area contributed by atoms with E-state index in [1.807, 2.05) is 32.8 Å². The summed E-state index contributed by atoms with van der Waals surface area (Å²) in [7, 11) is 1.81. The van der Waals surface area contributed by atoms with Crippen LogP contribution in [0.2, 0.25) is 0 Å². The number of ether oxygens (including phenoxy) is 2. The predicted octanol–water partition coefficient (Wildman–Crippen LogP) is 2.93. The molecule has 0 radical (unpaired) electrons. The van der Waals surface area contributed by atoms with E-state index in [4.69, 9.17) is 9.47 Å². The number of hydrogen-bond donors (Lipinski definition) is 1. The Morgan fingerprint density at radius 2 is 1.95 bits per heavy atom. The molecule has 2 heterocycles. The molecule has 1 N–H and O–H groups in total. The Bertz CT molecular complexity index is 373. The van der Waals surface area contributed by atoms with Crippen LogP contribution in [0.4, 0.5) is 4.79 Å². The lowest BCUT2D eigenvalue weighted by atomic mass is 9.83. The Morgan fingerprint density at radius 3 is 2.55 bits per heavy atom. The van der Waals surface area contributed by atoms with E-state index in [1.54, 1.807) is 0 Å². The lowest BCUT2D eigenvalue weighted by molar-refractivity contribution is -0.0642. The van der Waals surface area contributed by atoms with Crippen molar-refractivity contribution in [2.24, 2.45) is 0 Å². The molecule has 128 valence electrons. The molecule has 1 atom stereocenters. The van der Waals surface area contributed by atoms with Gasteiger partial charge in [-0.3, -0.25) is 0 Å². The van der Waals surface area contributed by atoms with Crippen LogP contribution in [0.5, 0.6) is 0 Å². The van der Waals surface area contributed by atoms with E-state index in [0.29, 0.717) is 0 Å². The minimum absolute atomic E-state index is 0.0898. The molecule has 2 fully saturated rings. The van der Waals surface area contributed by atoms with Crippen LogP contribution >= 0.6 is 0 Å². The highest BCUT2D eigenvalue weighted by Crippen LogP contribution is 2.33. The van der Waals surface area contributed by atoms with Crippen molar-refractivity contribution < 1.29 is 14.3 Å². The second-order valence-corrected chi connectivity index (χ2v) is 7.66. The van der Waals surface area contributed by atoms with Gasteiger partial charge >= 0.3 is 6.09 Å². The fourth-order valence-corrected chi connectivity index (χ4v) is 3.58. The van der Waals surface area contributed by atoms with Crippen LogP contribution in [0.1, 0.15) is 59.3 Å². The van der Waals surface area contributed by atoms with Crippen molar-refractivity contribution in [1.29, 1.82) is 0 Å². The molecule has 1 amide bonds. The molecular formula is C17H32N2O3. The Balaban J connectivity index is 2.04. The van der Waals surface area contributed by atoms with Gasteiger partial charge < -0.3 is 19.7 Å². The summed E-state index contributed by atoms with van der Waals surface area (Å²) in [5.41, 5.74) is -0.527. The lowest BCUT2D eigenvalue weighted by Crippen LogP contribution is -2.52. The molecule has 0 aromatic carbocycles. The van der Waals surface area contributed by atoms with E-state index in [0.717, 1.165) is 51.7 Å². The molecule has 2 aliphatic heterocycles. The number of nitrogens with one attached hydrogen (secondary N) is 1. The second-order valence-electron chi connectivity index (χ2n) is 7.66. The molecule has 0 aromatic rings. The number of carbonyl (C=O) groups excluding carboxylic acids is 1. The molecule has 1 unspecified atom stereocenters. The van der Waals surface area contributed by atoms with E-state index in [1.165, 1.54) is 6.42 Å². The van der Waals surface area contributed by atoms with Gasteiger partial charge in [0.25, 0.3) is 0 Å². The average molecular weight is 312 g/mol. The minimum atomic E-state index is -0.438. The summed E-state index contributed by atoms with van der Waals surface area (Å²) in [6.07, 6.45) is 6.09. The number of carbonyl (C=O) groups is 1. The lowest BCUT2D eigenvalue weighted by Gasteiger charge is -2.44. The summed E-state index contributed by atoms with van der Waals surface area (Å²) >= 11 is 0. The van der Waals surface area contributed by atoms with E-state index in [-0.39, 0.29) is 17.7 Å². The zero-order valence-electron chi connectivity index (χ0n) is 14.6. The molecular weight excluding hydrogens is 280 g/mol. The Hall–Kier alpha value is -0.810. The summed E-state index contributed by atoms with van der Waals surface area (Å²) in [6, 6.07) is 0.238. The van der Waals surface area contributed by atoms with Gasteiger partial charge in [0.1, 0.15) is 5.60 Å². The highest BCUT2D eigenvalue weighted by atomic mass is 16.6. The van der Waals surface area contributed by atoms with Crippen molar-refractivity contribution in [2.75, 3.05) is 26.7 Å². The van der Waals surface area contributed by atoms with Crippen molar-refractivity contribution in [3.8, 4) is 0 Å². The molecule has 0 aromatic heterocycles. The number of hydrogen-bond acceptors (Lipinski definition) is 4. The van der Waals surface area contributed by atoms with E-state index in [9.17, 15) is 4.79 Å². The number of amides is 1. The highest BCUT2D eigenvalue weighted by Gasteiger charge is 2.39. The van der Waals surface area contributed by atoms with Crippen LogP contribution in [0, 0.1) is 0 Å². The summed E-state index contributed by atoms with van der Waals surface area (Å²) in [5, 5.41) is 3.39. The molecule has 0 spiro atoms. The van der Waals surface area contributed by atoms with Gasteiger partial charge in [0, 0.05) is 19.7 Å². The molecule has 2 rings (SSSR count). The summed E-state index contributed by atoms with van der Waals surface area (Å²) < 4.78 is 11.5. The largest absolute Gasteiger partial charge is 0.444 e. The van der Waals surface area contributed by atoms with Crippen molar-refractivity contribution >= 4 is 6.09 Å². The fourth-order valence-electron chi connectivity index (χ4n) is 3.58. The molecule has 22 heavy (non-hydrogen) atoms. The van der Waals surface area contributed by atoms with Crippen LogP contribution < -0.4 is 5.32 Å². The summed E-state index contributed by atoms with van der Waals surface area (Å²) in [5.74, 6) is 0. The first-order chi connectivity index (χ1) is 10.4. The van der Waals surface area contributed by atoms with Crippen molar-refractivity contribution in [2.45, 2.75) is 76.5 Å². The molecule has 0 saturated carbocycles. The highest BCUT2D eigenvalue weighted by molar-refractivity contribution is 5.68. The maximum absolute atomic E-state index is 12.5. The van der Waals surface area contributed by atoms with Gasteiger partial charge in [-0.05, 0) is 72.4 Å². The first kappa shape index (κ1) is 17.5. The van der Waals surface area contributed by atoms with Crippen LogP contribution in [-0.2, 0) is 9.47 Å². The third-order valence-corrected chi connectivity index (χ3v) is 4.81. The smallest absolute Gasteiger partial charge is 0.410 e. The van der Waals surface area contributed by atoms with Gasteiger partial charge in [0.2, 0.25) is 0 Å². The predicted molar refractivity (Wildman–Crippen MR) is 87.0 cm³/mol. The normalized spacial score (nSPS) is 25.8. The first-order valence-corrected chi connectivity index (χ1v) is 8.61. The third-order valence-electron chi connectivity index (χ3n) is 4.81. The SMILES string of the molecule is COC1(CC2CCCCN2C(=O)OC(C)(C)C)CCNCC1. The number of rotatable bonds is 3. The maximum atomic E-state index is 12.5. The number of nitrogens with zero attached hydrogens (tertiary/aromatic N) is 1. The Kier molecular flexibility index (Phi) is 5.72. The van der Waals surface area contributed by atoms with Gasteiger partial charge in [-0.2, -0.15) is 0 Å². The standard InChI is InChI=1S/C17H32N2O3/c1-16(2,3)22-15(20)19-12-6-5-7-14(19)13-17(21-4)8-10-18-11-9-17/h14,18H,5-13H2,1-4H3. The van der Waals surface area contributed by atoms with Crippen LogP contribution in [0.25, 0.3) is 0 Å². The summed E-state index contributed by atoms with van der Waals surface area (Å²) in [6.45, 7) is 8.56. The van der Waals surface area contributed by atoms with E-state index >= 15 is 0 Å². The van der Waals surface area contributed by atoms with Crippen LogP contribution in [-0.4, -0.2) is 55.0 Å². The number of likely N-dealkylation sites (tertiary alicyclic amines) is 1. The van der Waals surface area contributed by atoms with Gasteiger partial charge in [-0.15, -0.1) is 0 Å². The molecule has 0 aliphatic carbocycles. The zero-order chi connectivity index (χ0) is 16.2. The Morgan fingerprint density at radius 1 is 1.27 bits per heavy atom. The minimum Gasteiger partial charge on any atom is -0.444 e. The van der Waals surface area contributed by atoms with Crippen molar-refractivity contribution in [3.05, 3.63) is 0 Å². The van der Waals surface area contributed by atoms with Gasteiger partial charge in [-0.25, -0.2) is 4.79 Å². The second kappa shape index (κ2) is 7.18. The third kappa shape index (κ3) is 4.59. The molecule has 0 bridgehead atoms. The van der Waals surface area contributed by atoms with Crippen LogP contribution in [0.15, 0.2) is 0 Å². The Labute approximate surface area is 134 Å². The van der Waals surface area contributed by atoms with E-state index in [2.05, 4.69) is 5.32 Å². The quantitative estimate of drug-likeness (QED) is 0.870. The molecule has 2 aliphatic rings. The van der Waals surface area contributed by atoms with Crippen molar-refractivity contribution in [1.82, 2.24) is 10.2 Å². The first-order valence-electron chi connectivity index (χ1n) is 8.61. The number of piperidine rings is 2. The van der Waals surface area contributed by atoms with E-state index < -0.39 is 5.60 Å². The van der Waals surface area contributed by atoms with Gasteiger partial charge in [0.15, 0.2) is 0 Å². The topological polar surface area (TPSA) is 50.8 Å². The maximum Gasteiger partial charge on any atom is 0.410 e. The summed E-state index contributed by atoms with van der Waals surface area (Å²) in [4.78, 5) is 14.5. The monoisotopic (exact) mass is 312 g/mol. The van der Waals surface area contributed by atoms with Crippen LogP contribution in [0.3, 0.4) is 0 Å². The van der Waals surface area contributed by atoms with Gasteiger partial charge in [0.05, 0.1) is 5.60 Å².